The van der Waals surface area contributed by atoms with Gasteiger partial charge < -0.3 is 9.57 Å². The molecule has 3 nitrogen and oxygen atoms in total. The van der Waals surface area contributed by atoms with E-state index in [2.05, 4.69) is 5.16 Å². The molecule has 0 bridgehead atoms. The fourth-order valence-corrected chi connectivity index (χ4v) is 1.90. The lowest BCUT2D eigenvalue weighted by Gasteiger charge is -2.11. The highest BCUT2D eigenvalue weighted by Crippen LogP contribution is 2.32. The third-order valence-corrected chi connectivity index (χ3v) is 2.95. The summed E-state index contributed by atoms with van der Waals surface area (Å²) in [5.74, 6) is 0.602. The maximum Gasteiger partial charge on any atom is 0.416 e. The molecule has 2 aromatic carbocycles. The summed E-state index contributed by atoms with van der Waals surface area (Å²) in [5, 5.41) is 3.70. The van der Waals surface area contributed by atoms with Crippen molar-refractivity contribution in [3.8, 4) is 5.75 Å². The van der Waals surface area contributed by atoms with E-state index in [0.717, 1.165) is 6.07 Å². The molecule has 0 aliphatic rings. The van der Waals surface area contributed by atoms with Gasteiger partial charge in [-0.05, 0) is 18.2 Å². The maximum absolute atomic E-state index is 12.8. The van der Waals surface area contributed by atoms with E-state index < -0.39 is 11.7 Å². The van der Waals surface area contributed by atoms with Crippen LogP contribution in [0.5, 0.6) is 5.75 Å². The average molecular weight is 309 g/mol. The average Bonchev–Trinajstić information content (AvgIpc) is 2.51. The Kier molecular flexibility index (Phi) is 5.04. The number of hydrogen-bond donors (Lipinski definition) is 0. The predicted octanol–water partition coefficient (Wildman–Crippen LogP) is 4.26. The normalized spacial score (nSPS) is 11.6. The number of oxime groups is 1. The summed E-state index contributed by atoms with van der Waals surface area (Å²) in [6, 6.07) is 12.3. The molecule has 0 radical (unpaired) electrons. The highest BCUT2D eigenvalue weighted by atomic mass is 19.4. The Bertz CT molecular complexity index is 654. The Balaban J connectivity index is 2.04. The number of alkyl halides is 3. The summed E-state index contributed by atoms with van der Waals surface area (Å²) in [6.45, 7) is -0.263. The number of rotatable bonds is 5. The van der Waals surface area contributed by atoms with Crippen LogP contribution in [0.4, 0.5) is 13.2 Å². The Morgan fingerprint density at radius 1 is 1.05 bits per heavy atom. The second-order valence-corrected chi connectivity index (χ2v) is 4.40. The summed E-state index contributed by atoms with van der Waals surface area (Å²) in [4.78, 5) is 4.97. The zero-order valence-electron chi connectivity index (χ0n) is 11.8. The summed E-state index contributed by atoms with van der Waals surface area (Å²) < 4.78 is 43.6. The van der Waals surface area contributed by atoms with Crippen LogP contribution in [0, 0.1) is 0 Å². The minimum atomic E-state index is -4.41. The molecule has 116 valence electrons. The molecule has 0 amide bonds. The van der Waals surface area contributed by atoms with E-state index in [9.17, 15) is 13.2 Å². The molecule has 22 heavy (non-hydrogen) atoms. The molecule has 0 aromatic heterocycles. The van der Waals surface area contributed by atoms with Gasteiger partial charge >= 0.3 is 6.18 Å². The van der Waals surface area contributed by atoms with E-state index in [-0.39, 0.29) is 12.2 Å². The number of halogens is 3. The molecule has 0 aliphatic heterocycles. The highest BCUT2D eigenvalue weighted by Gasteiger charge is 2.32. The monoisotopic (exact) mass is 309 g/mol. The van der Waals surface area contributed by atoms with Crippen molar-refractivity contribution in [1.29, 1.82) is 0 Å². The van der Waals surface area contributed by atoms with Crippen LogP contribution in [0.25, 0.3) is 0 Å². The smallest absolute Gasteiger partial charge is 0.416 e. The third-order valence-electron chi connectivity index (χ3n) is 2.95. The largest absolute Gasteiger partial charge is 0.496 e. The quantitative estimate of drug-likeness (QED) is 0.610. The van der Waals surface area contributed by atoms with Crippen molar-refractivity contribution in [1.82, 2.24) is 0 Å². The van der Waals surface area contributed by atoms with Gasteiger partial charge in [0.2, 0.25) is 0 Å². The molecule has 0 unspecified atom stereocenters. The Morgan fingerprint density at radius 3 is 2.45 bits per heavy atom. The van der Waals surface area contributed by atoms with E-state index in [1.54, 1.807) is 24.3 Å². The minimum Gasteiger partial charge on any atom is -0.496 e. The van der Waals surface area contributed by atoms with Crippen molar-refractivity contribution >= 4 is 6.21 Å². The van der Waals surface area contributed by atoms with E-state index in [1.807, 2.05) is 0 Å². The predicted molar refractivity (Wildman–Crippen MR) is 76.8 cm³/mol. The Morgan fingerprint density at radius 2 is 1.73 bits per heavy atom. The molecule has 0 heterocycles. The first-order valence-electron chi connectivity index (χ1n) is 6.46. The Hall–Kier alpha value is -2.50. The summed E-state index contributed by atoms with van der Waals surface area (Å²) in [5.41, 5.74) is -0.0104. The fraction of sp³-hybridized carbons (Fsp3) is 0.188. The van der Waals surface area contributed by atoms with Gasteiger partial charge in [0.25, 0.3) is 0 Å². The molecule has 0 spiro atoms. The van der Waals surface area contributed by atoms with Crippen molar-refractivity contribution in [3.63, 3.8) is 0 Å². The zero-order valence-corrected chi connectivity index (χ0v) is 11.8. The van der Waals surface area contributed by atoms with Gasteiger partial charge in [-0.1, -0.05) is 35.5 Å². The first-order valence-corrected chi connectivity index (χ1v) is 6.46. The molecule has 0 atom stereocenters. The molecule has 0 N–H and O–H groups in total. The number of hydrogen-bond acceptors (Lipinski definition) is 3. The van der Waals surface area contributed by atoms with E-state index in [0.29, 0.717) is 11.3 Å². The van der Waals surface area contributed by atoms with Crippen molar-refractivity contribution in [2.75, 3.05) is 7.11 Å². The van der Waals surface area contributed by atoms with E-state index in [1.165, 1.54) is 31.5 Å². The van der Waals surface area contributed by atoms with Crippen LogP contribution in [-0.2, 0) is 17.6 Å². The maximum atomic E-state index is 12.8. The van der Waals surface area contributed by atoms with E-state index in [4.69, 9.17) is 9.57 Å². The standard InChI is InChI=1S/C16H14F3NO2/c1-21-15-9-5-3-6-12(15)10-20-22-11-13-7-2-4-8-14(13)16(17,18)19/h2-10H,11H2,1H3. The molecule has 6 heteroatoms. The first kappa shape index (κ1) is 15.9. The lowest BCUT2D eigenvalue weighted by molar-refractivity contribution is -0.138. The van der Waals surface area contributed by atoms with Gasteiger partial charge in [0, 0.05) is 11.1 Å². The van der Waals surface area contributed by atoms with Crippen molar-refractivity contribution in [2.45, 2.75) is 12.8 Å². The highest BCUT2D eigenvalue weighted by molar-refractivity contribution is 5.82. The SMILES string of the molecule is COc1ccccc1C=NOCc1ccccc1C(F)(F)F. The summed E-state index contributed by atoms with van der Waals surface area (Å²) >= 11 is 0. The molecule has 0 fully saturated rings. The molecule has 2 aromatic rings. The van der Waals surface area contributed by atoms with Crippen molar-refractivity contribution < 1.29 is 22.7 Å². The number of nitrogens with zero attached hydrogens (tertiary/aromatic N) is 1. The lowest BCUT2D eigenvalue weighted by atomic mass is 10.1. The second-order valence-electron chi connectivity index (χ2n) is 4.40. The third kappa shape index (κ3) is 4.00. The van der Waals surface area contributed by atoms with Crippen LogP contribution in [-0.4, -0.2) is 13.3 Å². The number of para-hydroxylation sites is 1. The molecule has 0 saturated carbocycles. The van der Waals surface area contributed by atoms with Gasteiger partial charge in [-0.2, -0.15) is 13.2 Å². The van der Waals surface area contributed by atoms with Gasteiger partial charge in [0.15, 0.2) is 0 Å². The van der Waals surface area contributed by atoms with Crippen molar-refractivity contribution in [2.24, 2.45) is 5.16 Å². The van der Waals surface area contributed by atoms with E-state index >= 15 is 0 Å². The topological polar surface area (TPSA) is 30.8 Å². The van der Waals surface area contributed by atoms with Gasteiger partial charge in [-0.3, -0.25) is 0 Å². The lowest BCUT2D eigenvalue weighted by Crippen LogP contribution is -2.09. The van der Waals surface area contributed by atoms with Crippen molar-refractivity contribution in [3.05, 3.63) is 65.2 Å². The fourth-order valence-electron chi connectivity index (χ4n) is 1.90. The molecular weight excluding hydrogens is 295 g/mol. The van der Waals surface area contributed by atoms with Crippen LogP contribution in [0.15, 0.2) is 53.7 Å². The number of ether oxygens (including phenoxy) is 1. The number of methoxy groups -OCH3 is 1. The van der Waals surface area contributed by atoms with Gasteiger partial charge in [-0.25, -0.2) is 0 Å². The van der Waals surface area contributed by atoms with Crippen LogP contribution >= 0.6 is 0 Å². The second kappa shape index (κ2) is 6.98. The first-order chi connectivity index (χ1) is 10.5. The summed E-state index contributed by atoms with van der Waals surface area (Å²) in [7, 11) is 1.52. The van der Waals surface area contributed by atoms with Gasteiger partial charge in [0.05, 0.1) is 18.9 Å². The summed E-state index contributed by atoms with van der Waals surface area (Å²) in [6.07, 6.45) is -3.01. The van der Waals surface area contributed by atoms with Gasteiger partial charge in [0.1, 0.15) is 12.4 Å². The molecule has 2 rings (SSSR count). The minimum absolute atomic E-state index is 0.0344. The number of benzene rings is 2. The molecule has 0 aliphatic carbocycles. The Labute approximate surface area is 126 Å². The van der Waals surface area contributed by atoms with Crippen LogP contribution in [0.2, 0.25) is 0 Å². The van der Waals surface area contributed by atoms with Crippen LogP contribution in [0.1, 0.15) is 16.7 Å². The molecular formula is C16H14F3NO2. The van der Waals surface area contributed by atoms with Crippen LogP contribution in [0.3, 0.4) is 0 Å². The van der Waals surface area contributed by atoms with Gasteiger partial charge in [-0.15, -0.1) is 0 Å². The molecule has 0 saturated heterocycles. The van der Waals surface area contributed by atoms with Crippen LogP contribution < -0.4 is 4.74 Å². The zero-order chi connectivity index (χ0) is 16.0.